The fourth-order valence-corrected chi connectivity index (χ4v) is 2.06. The van der Waals surface area contributed by atoms with Gasteiger partial charge in [-0.15, -0.1) is 0 Å². The minimum absolute atomic E-state index is 0.808. The van der Waals surface area contributed by atoms with Gasteiger partial charge in [-0.3, -0.25) is 0 Å². The van der Waals surface area contributed by atoms with Gasteiger partial charge in [0.05, 0.1) is 6.54 Å². The van der Waals surface area contributed by atoms with Gasteiger partial charge < -0.3 is 15.1 Å². The van der Waals surface area contributed by atoms with Gasteiger partial charge in [-0.05, 0) is 12.1 Å². The van der Waals surface area contributed by atoms with Crippen molar-refractivity contribution in [2.75, 3.05) is 31.1 Å². The molecule has 0 bridgehead atoms. The number of aromatic nitrogens is 2. The first-order valence-corrected chi connectivity index (χ1v) is 6.03. The molecule has 0 unspecified atom stereocenters. The summed E-state index contributed by atoms with van der Waals surface area (Å²) in [5.41, 5.74) is 0. The smallest absolute Gasteiger partial charge is 0.225 e. The second-order valence-electron chi connectivity index (χ2n) is 4.13. The molecule has 18 heavy (non-hydrogen) atoms. The SMILES string of the molecule is [CH]1C=CN=C(N2CCN(c3ncccn3)CC2)N1. The number of aliphatic imine (C=N–C) groups is 1. The minimum Gasteiger partial charge on any atom is -0.347 e. The van der Waals surface area contributed by atoms with Crippen LogP contribution in [0.3, 0.4) is 0 Å². The van der Waals surface area contributed by atoms with E-state index in [1.807, 2.05) is 18.7 Å². The highest BCUT2D eigenvalue weighted by Gasteiger charge is 2.21. The van der Waals surface area contributed by atoms with E-state index < -0.39 is 0 Å². The van der Waals surface area contributed by atoms with Crippen LogP contribution in [0, 0.1) is 6.54 Å². The highest BCUT2D eigenvalue weighted by molar-refractivity contribution is 5.82. The van der Waals surface area contributed by atoms with Crippen molar-refractivity contribution >= 4 is 11.9 Å². The van der Waals surface area contributed by atoms with Crippen LogP contribution in [0.5, 0.6) is 0 Å². The van der Waals surface area contributed by atoms with Crippen LogP contribution in [-0.4, -0.2) is 47.0 Å². The first-order valence-electron chi connectivity index (χ1n) is 6.03. The molecule has 3 heterocycles. The average molecular weight is 243 g/mol. The van der Waals surface area contributed by atoms with Gasteiger partial charge in [-0.25, -0.2) is 15.0 Å². The molecule has 0 amide bonds. The molecule has 1 aromatic heterocycles. The van der Waals surface area contributed by atoms with Crippen LogP contribution < -0.4 is 10.2 Å². The van der Waals surface area contributed by atoms with E-state index in [9.17, 15) is 0 Å². The van der Waals surface area contributed by atoms with Crippen LogP contribution in [-0.2, 0) is 0 Å². The molecule has 0 atom stereocenters. The van der Waals surface area contributed by atoms with Crippen molar-refractivity contribution in [2.24, 2.45) is 4.99 Å². The Morgan fingerprint density at radius 3 is 2.39 bits per heavy atom. The molecule has 2 aliphatic rings. The molecule has 93 valence electrons. The van der Waals surface area contributed by atoms with Crippen LogP contribution in [0.1, 0.15) is 0 Å². The monoisotopic (exact) mass is 243 g/mol. The van der Waals surface area contributed by atoms with Crippen LogP contribution >= 0.6 is 0 Å². The van der Waals surface area contributed by atoms with E-state index in [-0.39, 0.29) is 0 Å². The van der Waals surface area contributed by atoms with E-state index in [0.717, 1.165) is 38.1 Å². The third-order valence-corrected chi connectivity index (χ3v) is 3.01. The number of hydrogen-bond donors (Lipinski definition) is 1. The number of rotatable bonds is 1. The average Bonchev–Trinajstić information content (AvgIpc) is 2.49. The summed E-state index contributed by atoms with van der Waals surface area (Å²) in [6.07, 6.45) is 7.25. The number of anilines is 1. The Labute approximate surface area is 106 Å². The maximum absolute atomic E-state index is 4.32. The fourth-order valence-electron chi connectivity index (χ4n) is 2.06. The van der Waals surface area contributed by atoms with Gasteiger partial charge in [-0.2, -0.15) is 0 Å². The Hall–Kier alpha value is -2.11. The van der Waals surface area contributed by atoms with E-state index in [4.69, 9.17) is 0 Å². The van der Waals surface area contributed by atoms with Crippen LogP contribution in [0.4, 0.5) is 5.95 Å². The first kappa shape index (κ1) is 11.0. The molecule has 6 nitrogen and oxygen atoms in total. The summed E-state index contributed by atoms with van der Waals surface area (Å²) in [6.45, 7) is 5.56. The number of nitrogens with zero attached hydrogens (tertiary/aromatic N) is 5. The molecule has 0 saturated carbocycles. The van der Waals surface area contributed by atoms with Gasteiger partial charge in [0.2, 0.25) is 5.95 Å². The normalized spacial score (nSPS) is 19.4. The van der Waals surface area contributed by atoms with Gasteiger partial charge in [0.25, 0.3) is 0 Å². The Morgan fingerprint density at radius 2 is 1.72 bits per heavy atom. The zero-order chi connectivity index (χ0) is 12.2. The summed E-state index contributed by atoms with van der Waals surface area (Å²) < 4.78 is 0. The predicted molar refractivity (Wildman–Crippen MR) is 69.8 cm³/mol. The Balaban J connectivity index is 1.61. The molecule has 0 aromatic carbocycles. The van der Waals surface area contributed by atoms with Gasteiger partial charge in [0.15, 0.2) is 5.96 Å². The lowest BCUT2D eigenvalue weighted by molar-refractivity contribution is 0.373. The zero-order valence-corrected chi connectivity index (χ0v) is 10.0. The molecule has 6 heteroatoms. The molecule has 1 fully saturated rings. The zero-order valence-electron chi connectivity index (χ0n) is 10.0. The van der Waals surface area contributed by atoms with E-state index in [1.54, 1.807) is 18.6 Å². The summed E-state index contributed by atoms with van der Waals surface area (Å²) in [4.78, 5) is 17.3. The second-order valence-corrected chi connectivity index (χ2v) is 4.13. The minimum atomic E-state index is 0.808. The van der Waals surface area contributed by atoms with Crippen LogP contribution in [0.25, 0.3) is 0 Å². The Bertz CT molecular complexity index is 447. The number of piperazine rings is 1. The van der Waals surface area contributed by atoms with Crippen molar-refractivity contribution in [3.8, 4) is 0 Å². The standard InChI is InChI=1S/C12H15N6/c1-3-13-11(14-4-1)17-7-9-18(10-8-17)12-15-5-2-6-16-12/h1-6H,7-10H2,(H,13,14). The summed E-state index contributed by atoms with van der Waals surface area (Å²) in [7, 11) is 0. The van der Waals surface area contributed by atoms with Crippen LogP contribution in [0.2, 0.25) is 0 Å². The quantitative estimate of drug-likeness (QED) is 0.765. The predicted octanol–water partition coefficient (Wildman–Crippen LogP) is 0.233. The first-order chi connectivity index (χ1) is 8.93. The summed E-state index contributed by atoms with van der Waals surface area (Å²) >= 11 is 0. The Morgan fingerprint density at radius 1 is 1.00 bits per heavy atom. The van der Waals surface area contributed by atoms with Crippen LogP contribution in [0.15, 0.2) is 35.7 Å². The van der Waals surface area contributed by atoms with Crippen molar-refractivity contribution in [1.29, 1.82) is 0 Å². The largest absolute Gasteiger partial charge is 0.347 e. The number of guanidine groups is 1. The molecule has 1 N–H and O–H groups in total. The number of hydrogen-bond acceptors (Lipinski definition) is 6. The van der Waals surface area contributed by atoms with Crippen molar-refractivity contribution < 1.29 is 0 Å². The molecule has 0 spiro atoms. The fraction of sp³-hybridized carbons (Fsp3) is 0.333. The molecule has 2 aliphatic heterocycles. The van der Waals surface area contributed by atoms with Gasteiger partial charge in [0.1, 0.15) is 0 Å². The van der Waals surface area contributed by atoms with E-state index in [0.29, 0.717) is 0 Å². The third kappa shape index (κ3) is 2.27. The van der Waals surface area contributed by atoms with Crippen molar-refractivity contribution in [1.82, 2.24) is 20.2 Å². The topological polar surface area (TPSA) is 56.7 Å². The van der Waals surface area contributed by atoms with Gasteiger partial charge in [0, 0.05) is 44.8 Å². The molecule has 3 rings (SSSR count). The van der Waals surface area contributed by atoms with Crippen molar-refractivity contribution in [2.45, 2.75) is 0 Å². The Kier molecular flexibility index (Phi) is 3.08. The molecule has 0 aliphatic carbocycles. The van der Waals surface area contributed by atoms with E-state index >= 15 is 0 Å². The molecular weight excluding hydrogens is 228 g/mol. The highest BCUT2D eigenvalue weighted by atomic mass is 15.4. The molecular formula is C12H15N6. The maximum atomic E-state index is 4.32. The summed E-state index contributed by atoms with van der Waals surface area (Å²) in [5, 5.41) is 3.16. The molecule has 1 radical (unpaired) electrons. The van der Waals surface area contributed by atoms with Gasteiger partial charge >= 0.3 is 0 Å². The maximum Gasteiger partial charge on any atom is 0.225 e. The summed E-state index contributed by atoms with van der Waals surface area (Å²) in [5.74, 6) is 1.73. The van der Waals surface area contributed by atoms with Gasteiger partial charge in [-0.1, -0.05) is 0 Å². The van der Waals surface area contributed by atoms with E-state index in [1.165, 1.54) is 0 Å². The van der Waals surface area contributed by atoms with E-state index in [2.05, 4.69) is 30.1 Å². The lowest BCUT2D eigenvalue weighted by Gasteiger charge is -2.36. The molecule has 1 aromatic rings. The van der Waals surface area contributed by atoms with Crippen molar-refractivity contribution in [3.63, 3.8) is 0 Å². The highest BCUT2D eigenvalue weighted by Crippen LogP contribution is 2.10. The summed E-state index contributed by atoms with van der Waals surface area (Å²) in [6, 6.07) is 1.84. The second kappa shape index (κ2) is 5.03. The lowest BCUT2D eigenvalue weighted by Crippen LogP contribution is -2.52. The lowest BCUT2D eigenvalue weighted by atomic mass is 10.3. The van der Waals surface area contributed by atoms with Crippen molar-refractivity contribution in [3.05, 3.63) is 37.3 Å². The number of nitrogens with one attached hydrogen (secondary N) is 1. The molecule has 1 saturated heterocycles. The third-order valence-electron chi connectivity index (χ3n) is 3.01.